The number of benzene rings is 3. The summed E-state index contributed by atoms with van der Waals surface area (Å²) in [7, 11) is 0. The molecule has 0 unspecified atom stereocenters. The Bertz CT molecular complexity index is 845. The molecule has 0 radical (unpaired) electrons. The van der Waals surface area contributed by atoms with Crippen molar-refractivity contribution < 1.29 is 9.53 Å². The number of nitrogens with one attached hydrogen (secondary N) is 1. The predicted molar refractivity (Wildman–Crippen MR) is 102 cm³/mol. The molecule has 3 rings (SSSR count). The lowest BCUT2D eigenvalue weighted by Crippen LogP contribution is -2.38. The van der Waals surface area contributed by atoms with Gasteiger partial charge in [0.25, 0.3) is 5.91 Å². The fourth-order valence-electron chi connectivity index (χ4n) is 2.89. The third-order valence-electron chi connectivity index (χ3n) is 4.33. The maximum Gasteiger partial charge on any atom is 0.261 e. The van der Waals surface area contributed by atoms with Gasteiger partial charge in [-0.2, -0.15) is 0 Å². The van der Waals surface area contributed by atoms with Crippen LogP contribution >= 0.6 is 0 Å². The van der Waals surface area contributed by atoms with Crippen LogP contribution in [0.15, 0.2) is 72.8 Å². The molecule has 0 aliphatic carbocycles. The second-order valence-corrected chi connectivity index (χ2v) is 6.15. The summed E-state index contributed by atoms with van der Waals surface area (Å²) in [5, 5.41) is 5.33. The number of ether oxygens (including phenoxy) is 1. The Morgan fingerprint density at radius 1 is 0.960 bits per heavy atom. The number of carbonyl (C=O) groups is 1. The van der Waals surface area contributed by atoms with E-state index in [1.807, 2.05) is 66.7 Å². The maximum atomic E-state index is 12.5. The van der Waals surface area contributed by atoms with Crippen LogP contribution in [0.4, 0.5) is 0 Å². The fraction of sp³-hybridized carbons (Fsp3) is 0.227. The van der Waals surface area contributed by atoms with Gasteiger partial charge in [-0.05, 0) is 41.8 Å². The van der Waals surface area contributed by atoms with Gasteiger partial charge in [-0.3, -0.25) is 4.79 Å². The average molecular weight is 333 g/mol. The number of rotatable bonds is 6. The van der Waals surface area contributed by atoms with E-state index in [1.54, 1.807) is 6.92 Å². The van der Waals surface area contributed by atoms with E-state index in [2.05, 4.69) is 18.3 Å². The van der Waals surface area contributed by atoms with Crippen LogP contribution in [0.25, 0.3) is 10.8 Å². The minimum absolute atomic E-state index is 0.00338. The van der Waals surface area contributed by atoms with Crippen LogP contribution < -0.4 is 10.1 Å². The maximum absolute atomic E-state index is 12.5. The second-order valence-electron chi connectivity index (χ2n) is 6.15. The first-order valence-electron chi connectivity index (χ1n) is 8.68. The van der Waals surface area contributed by atoms with E-state index in [4.69, 9.17) is 4.74 Å². The first-order chi connectivity index (χ1) is 12.2. The zero-order valence-corrected chi connectivity index (χ0v) is 14.6. The molecule has 0 saturated heterocycles. The molecule has 0 saturated carbocycles. The normalized spacial score (nSPS) is 13.2. The lowest BCUT2D eigenvalue weighted by Gasteiger charge is -2.21. The smallest absolute Gasteiger partial charge is 0.261 e. The Balaban J connectivity index is 1.67. The van der Waals surface area contributed by atoms with Gasteiger partial charge in [0.2, 0.25) is 0 Å². The molecule has 0 fully saturated rings. The Labute approximate surface area is 148 Å². The standard InChI is InChI=1S/C22H23NO2/c1-3-21(18-10-5-4-6-11-18)23-22(24)16(2)25-20-14-13-17-9-7-8-12-19(17)15-20/h4-16,21H,3H2,1-2H3,(H,23,24)/t16-,21+/m0/s1. The number of carbonyl (C=O) groups excluding carboxylic acids is 1. The first kappa shape index (κ1) is 17.0. The van der Waals surface area contributed by atoms with Gasteiger partial charge in [0, 0.05) is 0 Å². The number of hydrogen-bond acceptors (Lipinski definition) is 2. The van der Waals surface area contributed by atoms with E-state index in [9.17, 15) is 4.79 Å². The van der Waals surface area contributed by atoms with Crippen LogP contribution in [0.1, 0.15) is 31.9 Å². The van der Waals surface area contributed by atoms with Crippen molar-refractivity contribution in [1.82, 2.24) is 5.32 Å². The summed E-state index contributed by atoms with van der Waals surface area (Å²) in [6.07, 6.45) is 0.275. The third-order valence-corrected chi connectivity index (χ3v) is 4.33. The highest BCUT2D eigenvalue weighted by Crippen LogP contribution is 2.22. The summed E-state index contributed by atoms with van der Waals surface area (Å²) in [5.74, 6) is 0.595. The second kappa shape index (κ2) is 7.84. The van der Waals surface area contributed by atoms with Crippen molar-refractivity contribution in [3.8, 4) is 5.75 Å². The Hall–Kier alpha value is -2.81. The van der Waals surface area contributed by atoms with Crippen LogP contribution in [0, 0.1) is 0 Å². The van der Waals surface area contributed by atoms with Gasteiger partial charge in [-0.25, -0.2) is 0 Å². The molecule has 3 aromatic carbocycles. The molecule has 3 nitrogen and oxygen atoms in total. The Kier molecular flexibility index (Phi) is 5.34. The van der Waals surface area contributed by atoms with Gasteiger partial charge in [0.1, 0.15) is 5.75 Å². The molecule has 2 atom stereocenters. The minimum atomic E-state index is -0.557. The SMILES string of the molecule is CC[C@@H](NC(=O)[C@H](C)Oc1ccc2ccccc2c1)c1ccccc1. The molecule has 3 heteroatoms. The molecule has 128 valence electrons. The summed E-state index contributed by atoms with van der Waals surface area (Å²) < 4.78 is 5.85. The van der Waals surface area contributed by atoms with Crippen molar-refractivity contribution in [2.75, 3.05) is 0 Å². The van der Waals surface area contributed by atoms with E-state index >= 15 is 0 Å². The van der Waals surface area contributed by atoms with Crippen LogP contribution in [-0.4, -0.2) is 12.0 Å². The summed E-state index contributed by atoms with van der Waals surface area (Å²) in [6.45, 7) is 3.84. The van der Waals surface area contributed by atoms with E-state index in [0.717, 1.165) is 22.8 Å². The molecular formula is C22H23NO2. The highest BCUT2D eigenvalue weighted by atomic mass is 16.5. The Morgan fingerprint density at radius 2 is 1.64 bits per heavy atom. The van der Waals surface area contributed by atoms with Gasteiger partial charge in [0.15, 0.2) is 6.10 Å². The van der Waals surface area contributed by atoms with E-state index < -0.39 is 6.10 Å². The first-order valence-corrected chi connectivity index (χ1v) is 8.68. The minimum Gasteiger partial charge on any atom is -0.481 e. The molecule has 3 aromatic rings. The van der Waals surface area contributed by atoms with Gasteiger partial charge >= 0.3 is 0 Å². The lowest BCUT2D eigenvalue weighted by molar-refractivity contribution is -0.128. The van der Waals surface area contributed by atoms with Crippen LogP contribution in [0.3, 0.4) is 0 Å². The lowest BCUT2D eigenvalue weighted by atomic mass is 10.0. The Morgan fingerprint density at radius 3 is 2.36 bits per heavy atom. The number of hydrogen-bond donors (Lipinski definition) is 1. The topological polar surface area (TPSA) is 38.3 Å². The van der Waals surface area contributed by atoms with Crippen LogP contribution in [-0.2, 0) is 4.79 Å². The summed E-state index contributed by atoms with van der Waals surface area (Å²) in [4.78, 5) is 12.5. The van der Waals surface area contributed by atoms with Crippen LogP contribution in [0.2, 0.25) is 0 Å². The van der Waals surface area contributed by atoms with Crippen molar-refractivity contribution in [3.05, 3.63) is 78.4 Å². The monoisotopic (exact) mass is 333 g/mol. The molecule has 25 heavy (non-hydrogen) atoms. The predicted octanol–water partition coefficient (Wildman–Crippen LogP) is 4.87. The van der Waals surface area contributed by atoms with Gasteiger partial charge < -0.3 is 10.1 Å². The van der Waals surface area contributed by atoms with Crippen molar-refractivity contribution in [2.45, 2.75) is 32.4 Å². The summed E-state index contributed by atoms with van der Waals surface area (Å²) in [5.41, 5.74) is 1.11. The van der Waals surface area contributed by atoms with Crippen molar-refractivity contribution >= 4 is 16.7 Å². The number of amides is 1. The molecule has 1 N–H and O–H groups in total. The van der Waals surface area contributed by atoms with E-state index in [0.29, 0.717) is 5.75 Å². The average Bonchev–Trinajstić information content (AvgIpc) is 2.66. The molecule has 0 aromatic heterocycles. The molecule has 1 amide bonds. The molecular weight excluding hydrogens is 310 g/mol. The van der Waals surface area contributed by atoms with Crippen LogP contribution in [0.5, 0.6) is 5.75 Å². The fourth-order valence-corrected chi connectivity index (χ4v) is 2.89. The third kappa shape index (κ3) is 4.18. The zero-order chi connectivity index (χ0) is 17.6. The molecule has 0 spiro atoms. The van der Waals surface area contributed by atoms with Crippen molar-refractivity contribution in [3.63, 3.8) is 0 Å². The van der Waals surface area contributed by atoms with E-state index in [-0.39, 0.29) is 11.9 Å². The highest BCUT2D eigenvalue weighted by molar-refractivity contribution is 5.84. The van der Waals surface area contributed by atoms with E-state index in [1.165, 1.54) is 0 Å². The molecule has 0 bridgehead atoms. The van der Waals surface area contributed by atoms with Gasteiger partial charge in [0.05, 0.1) is 6.04 Å². The van der Waals surface area contributed by atoms with Gasteiger partial charge in [-0.1, -0.05) is 67.6 Å². The molecule has 0 aliphatic rings. The number of fused-ring (bicyclic) bond motifs is 1. The summed E-state index contributed by atoms with van der Waals surface area (Å²) in [6, 6.07) is 24.0. The van der Waals surface area contributed by atoms with Crippen molar-refractivity contribution in [1.29, 1.82) is 0 Å². The highest BCUT2D eigenvalue weighted by Gasteiger charge is 2.19. The zero-order valence-electron chi connectivity index (χ0n) is 14.6. The molecule has 0 aliphatic heterocycles. The van der Waals surface area contributed by atoms with Gasteiger partial charge in [-0.15, -0.1) is 0 Å². The van der Waals surface area contributed by atoms with Crippen molar-refractivity contribution in [2.24, 2.45) is 0 Å². The summed E-state index contributed by atoms with van der Waals surface area (Å²) >= 11 is 0. The largest absolute Gasteiger partial charge is 0.481 e. The quantitative estimate of drug-likeness (QED) is 0.698. The molecule has 0 heterocycles.